The van der Waals surface area contributed by atoms with Crippen molar-refractivity contribution in [2.24, 2.45) is 0 Å². The largest absolute Gasteiger partial charge is 0.0958 e. The molecular formula is C26H30. The molecule has 2 aromatic rings. The van der Waals surface area contributed by atoms with Gasteiger partial charge in [-0.25, -0.2) is 0 Å². The van der Waals surface area contributed by atoms with E-state index in [2.05, 4.69) is 107 Å². The SMILES string of the molecule is C=C(C)/C(=C/C(=C/C)c1ccccc1C)C/C=C/Cc1ccc(C)cc1. The molecule has 2 aromatic carbocycles. The van der Waals surface area contributed by atoms with Crippen molar-refractivity contribution in [2.75, 3.05) is 0 Å². The highest BCUT2D eigenvalue weighted by atomic mass is 14.1. The third kappa shape index (κ3) is 5.74. The van der Waals surface area contributed by atoms with Gasteiger partial charge < -0.3 is 0 Å². The summed E-state index contributed by atoms with van der Waals surface area (Å²) in [5, 5.41) is 0. The third-order valence-corrected chi connectivity index (χ3v) is 4.62. The zero-order valence-corrected chi connectivity index (χ0v) is 16.5. The Morgan fingerprint density at radius 3 is 2.27 bits per heavy atom. The van der Waals surface area contributed by atoms with Gasteiger partial charge in [0.2, 0.25) is 0 Å². The first-order valence-corrected chi connectivity index (χ1v) is 9.30. The van der Waals surface area contributed by atoms with Gasteiger partial charge >= 0.3 is 0 Å². The molecule has 26 heavy (non-hydrogen) atoms. The van der Waals surface area contributed by atoms with E-state index in [4.69, 9.17) is 0 Å². The number of hydrogen-bond acceptors (Lipinski definition) is 0. The van der Waals surface area contributed by atoms with Gasteiger partial charge in [-0.15, -0.1) is 0 Å². The van der Waals surface area contributed by atoms with Gasteiger partial charge in [-0.05, 0) is 68.4 Å². The first kappa shape index (κ1) is 19.7. The topological polar surface area (TPSA) is 0 Å². The summed E-state index contributed by atoms with van der Waals surface area (Å²) in [5.41, 5.74) is 8.90. The maximum Gasteiger partial charge on any atom is -0.00947 e. The lowest BCUT2D eigenvalue weighted by atomic mass is 9.95. The number of aryl methyl sites for hydroxylation is 2. The number of rotatable bonds is 7. The maximum absolute atomic E-state index is 4.18. The minimum absolute atomic E-state index is 0.907. The van der Waals surface area contributed by atoms with Crippen LogP contribution in [0.1, 0.15) is 42.5 Å². The molecular weight excluding hydrogens is 312 g/mol. The van der Waals surface area contributed by atoms with Gasteiger partial charge in [0.25, 0.3) is 0 Å². The molecule has 0 saturated heterocycles. The van der Waals surface area contributed by atoms with Crippen molar-refractivity contribution in [3.05, 3.63) is 113 Å². The molecule has 0 aromatic heterocycles. The predicted molar refractivity (Wildman–Crippen MR) is 116 cm³/mol. The van der Waals surface area contributed by atoms with Crippen molar-refractivity contribution in [3.8, 4) is 0 Å². The molecule has 134 valence electrons. The minimum Gasteiger partial charge on any atom is -0.0958 e. The Labute approximate surface area is 159 Å². The molecule has 0 spiro atoms. The van der Waals surface area contributed by atoms with E-state index >= 15 is 0 Å². The molecule has 0 bridgehead atoms. The molecule has 0 fully saturated rings. The summed E-state index contributed by atoms with van der Waals surface area (Å²) in [6, 6.07) is 17.3. The lowest BCUT2D eigenvalue weighted by molar-refractivity contribution is 1.18. The van der Waals surface area contributed by atoms with Crippen molar-refractivity contribution in [1.82, 2.24) is 0 Å². The Morgan fingerprint density at radius 1 is 0.962 bits per heavy atom. The smallest absolute Gasteiger partial charge is 0.00947 e. The van der Waals surface area contributed by atoms with Crippen LogP contribution in [-0.4, -0.2) is 0 Å². The fraction of sp³-hybridized carbons (Fsp3) is 0.231. The second kappa shape index (κ2) is 9.77. The van der Waals surface area contributed by atoms with Crippen molar-refractivity contribution in [1.29, 1.82) is 0 Å². The van der Waals surface area contributed by atoms with Crippen LogP contribution in [0.4, 0.5) is 0 Å². The number of allylic oxidation sites excluding steroid dienone is 7. The Hall–Kier alpha value is -2.60. The molecule has 0 N–H and O–H groups in total. The molecule has 0 heterocycles. The van der Waals surface area contributed by atoms with Gasteiger partial charge in [0.15, 0.2) is 0 Å². The summed E-state index contributed by atoms with van der Waals surface area (Å²) in [7, 11) is 0. The molecule has 0 heteroatoms. The van der Waals surface area contributed by atoms with Crippen molar-refractivity contribution in [3.63, 3.8) is 0 Å². The first-order valence-electron chi connectivity index (χ1n) is 9.30. The van der Waals surface area contributed by atoms with Crippen LogP contribution in [-0.2, 0) is 6.42 Å². The van der Waals surface area contributed by atoms with Gasteiger partial charge in [-0.3, -0.25) is 0 Å². The standard InChI is InChI=1S/C26H30/c1-6-24(26-14-10-7-11-22(26)5)19-25(20(2)3)13-9-8-12-23-17-15-21(4)16-18-23/h6-11,14-19H,2,12-13H2,1,3-5H3/b9-8+,24-6-,25-19+. The van der Waals surface area contributed by atoms with Gasteiger partial charge in [-0.1, -0.05) is 90.6 Å². The van der Waals surface area contributed by atoms with Crippen LogP contribution < -0.4 is 0 Å². The zero-order chi connectivity index (χ0) is 18.9. The zero-order valence-electron chi connectivity index (χ0n) is 16.5. The number of benzene rings is 2. The van der Waals surface area contributed by atoms with E-state index in [1.54, 1.807) is 0 Å². The fourth-order valence-electron chi connectivity index (χ4n) is 2.91. The fourth-order valence-corrected chi connectivity index (χ4v) is 2.91. The summed E-state index contributed by atoms with van der Waals surface area (Å²) in [5.74, 6) is 0. The van der Waals surface area contributed by atoms with E-state index in [0.717, 1.165) is 18.4 Å². The average Bonchev–Trinajstić information content (AvgIpc) is 2.63. The highest BCUT2D eigenvalue weighted by Crippen LogP contribution is 2.24. The normalized spacial score (nSPS) is 12.6. The van der Waals surface area contributed by atoms with Gasteiger partial charge in [-0.2, -0.15) is 0 Å². The van der Waals surface area contributed by atoms with Crippen LogP contribution in [0, 0.1) is 13.8 Å². The van der Waals surface area contributed by atoms with E-state index < -0.39 is 0 Å². The second-order valence-electron chi connectivity index (χ2n) is 6.87. The molecule has 0 amide bonds. The van der Waals surface area contributed by atoms with E-state index in [0.29, 0.717) is 0 Å². The summed E-state index contributed by atoms with van der Waals surface area (Å²) in [4.78, 5) is 0. The quantitative estimate of drug-likeness (QED) is 0.363. The minimum atomic E-state index is 0.907. The molecule has 0 saturated carbocycles. The Kier molecular flexibility index (Phi) is 7.41. The van der Waals surface area contributed by atoms with Crippen LogP contribution in [0.15, 0.2) is 90.6 Å². The van der Waals surface area contributed by atoms with Gasteiger partial charge in [0.05, 0.1) is 0 Å². The van der Waals surface area contributed by atoms with Crippen molar-refractivity contribution < 1.29 is 0 Å². The predicted octanol–water partition coefficient (Wildman–Crippen LogP) is 7.40. The maximum atomic E-state index is 4.18. The highest BCUT2D eigenvalue weighted by molar-refractivity contribution is 5.77. The van der Waals surface area contributed by atoms with Crippen LogP contribution in [0.5, 0.6) is 0 Å². The Balaban J connectivity index is 2.11. The lowest BCUT2D eigenvalue weighted by Crippen LogP contribution is -1.90. The van der Waals surface area contributed by atoms with E-state index in [9.17, 15) is 0 Å². The lowest BCUT2D eigenvalue weighted by Gasteiger charge is -2.10. The molecule has 0 aliphatic rings. The summed E-state index contributed by atoms with van der Waals surface area (Å²) in [6.07, 6.45) is 10.8. The van der Waals surface area contributed by atoms with E-state index in [1.165, 1.54) is 33.4 Å². The summed E-state index contributed by atoms with van der Waals surface area (Å²) in [6.45, 7) is 12.6. The van der Waals surface area contributed by atoms with Crippen LogP contribution >= 0.6 is 0 Å². The van der Waals surface area contributed by atoms with Gasteiger partial charge in [0, 0.05) is 0 Å². The first-order chi connectivity index (χ1) is 12.5. The molecule has 0 nitrogen and oxygen atoms in total. The Bertz CT molecular complexity index is 827. The van der Waals surface area contributed by atoms with Crippen molar-refractivity contribution in [2.45, 2.75) is 40.5 Å². The van der Waals surface area contributed by atoms with Crippen LogP contribution in [0.3, 0.4) is 0 Å². The average molecular weight is 343 g/mol. The Morgan fingerprint density at radius 2 is 1.65 bits per heavy atom. The summed E-state index contributed by atoms with van der Waals surface area (Å²) >= 11 is 0. The molecule has 0 aliphatic heterocycles. The van der Waals surface area contributed by atoms with Crippen LogP contribution in [0.25, 0.3) is 5.57 Å². The van der Waals surface area contributed by atoms with Crippen molar-refractivity contribution >= 4 is 5.57 Å². The van der Waals surface area contributed by atoms with E-state index in [1.807, 2.05) is 0 Å². The molecule has 0 aliphatic carbocycles. The third-order valence-electron chi connectivity index (χ3n) is 4.62. The van der Waals surface area contributed by atoms with Crippen LogP contribution in [0.2, 0.25) is 0 Å². The highest BCUT2D eigenvalue weighted by Gasteiger charge is 2.04. The molecule has 0 unspecified atom stereocenters. The van der Waals surface area contributed by atoms with Gasteiger partial charge in [0.1, 0.15) is 0 Å². The number of hydrogen-bond donors (Lipinski definition) is 0. The molecule has 0 atom stereocenters. The molecule has 0 radical (unpaired) electrons. The van der Waals surface area contributed by atoms with E-state index in [-0.39, 0.29) is 0 Å². The second-order valence-corrected chi connectivity index (χ2v) is 6.87. The monoisotopic (exact) mass is 342 g/mol. The summed E-state index contributed by atoms with van der Waals surface area (Å²) < 4.78 is 0. The molecule has 2 rings (SSSR count).